The van der Waals surface area contributed by atoms with E-state index in [1.54, 1.807) is 43.5 Å². The van der Waals surface area contributed by atoms with E-state index in [-0.39, 0.29) is 24.5 Å². The molecule has 0 bridgehead atoms. The Kier molecular flexibility index (Phi) is 6.89. The highest BCUT2D eigenvalue weighted by Gasteiger charge is 2.16. The van der Waals surface area contributed by atoms with Crippen LogP contribution in [0.5, 0.6) is 11.5 Å². The third-order valence-electron chi connectivity index (χ3n) is 4.81. The van der Waals surface area contributed by atoms with Gasteiger partial charge in [-0.1, -0.05) is 31.4 Å². The van der Waals surface area contributed by atoms with Gasteiger partial charge in [0.25, 0.3) is 11.8 Å². The fraction of sp³-hybridized carbons (Fsp3) is 0.364. The summed E-state index contributed by atoms with van der Waals surface area (Å²) < 4.78 is 10.7. The number of methoxy groups -OCH3 is 1. The average molecular weight is 382 g/mol. The van der Waals surface area contributed by atoms with E-state index in [0.717, 1.165) is 12.8 Å². The molecule has 0 unspecified atom stereocenters. The van der Waals surface area contributed by atoms with Crippen LogP contribution in [0.2, 0.25) is 0 Å². The number of rotatable bonds is 7. The minimum absolute atomic E-state index is 0.0626. The fourth-order valence-corrected chi connectivity index (χ4v) is 3.30. The number of ether oxygens (including phenoxy) is 2. The molecular formula is C22H26N2O4. The second-order valence-corrected chi connectivity index (χ2v) is 6.87. The fourth-order valence-electron chi connectivity index (χ4n) is 3.30. The number of hydrogen-bond donors (Lipinski definition) is 2. The topological polar surface area (TPSA) is 76.7 Å². The average Bonchev–Trinajstić information content (AvgIpc) is 2.74. The van der Waals surface area contributed by atoms with Crippen molar-refractivity contribution in [1.29, 1.82) is 0 Å². The maximum atomic E-state index is 12.3. The highest BCUT2D eigenvalue weighted by molar-refractivity contribution is 5.95. The van der Waals surface area contributed by atoms with E-state index in [2.05, 4.69) is 10.6 Å². The minimum atomic E-state index is -0.288. The van der Waals surface area contributed by atoms with Crippen LogP contribution in [0, 0.1) is 0 Å². The molecule has 1 fully saturated rings. The lowest BCUT2D eigenvalue weighted by molar-refractivity contribution is -0.118. The second kappa shape index (κ2) is 9.78. The number of benzene rings is 2. The van der Waals surface area contributed by atoms with E-state index in [1.165, 1.54) is 19.3 Å². The molecule has 2 aromatic carbocycles. The Morgan fingerprint density at radius 2 is 1.71 bits per heavy atom. The summed E-state index contributed by atoms with van der Waals surface area (Å²) in [5, 5.41) is 5.84. The molecule has 2 amide bonds. The van der Waals surface area contributed by atoms with Crippen molar-refractivity contribution in [3.8, 4) is 11.5 Å². The Labute approximate surface area is 165 Å². The van der Waals surface area contributed by atoms with Crippen LogP contribution >= 0.6 is 0 Å². The predicted octanol–water partition coefficient (Wildman–Crippen LogP) is 3.78. The molecule has 0 aliphatic heterocycles. The molecule has 0 saturated heterocycles. The standard InChI is InChI=1S/C22H26N2O4/c1-27-20-10-6-5-9-19(20)24-21(25)15-28-18-13-11-16(12-14-18)22(26)23-17-7-3-2-4-8-17/h5-6,9-14,17H,2-4,7-8,15H2,1H3,(H,23,26)(H,24,25). The summed E-state index contributed by atoms with van der Waals surface area (Å²) in [6.45, 7) is -0.133. The summed E-state index contributed by atoms with van der Waals surface area (Å²) in [7, 11) is 1.55. The van der Waals surface area contributed by atoms with Gasteiger partial charge in [-0.05, 0) is 49.2 Å². The Balaban J connectivity index is 1.48. The Hall–Kier alpha value is -3.02. The molecule has 0 atom stereocenters. The van der Waals surface area contributed by atoms with Gasteiger partial charge in [-0.15, -0.1) is 0 Å². The van der Waals surface area contributed by atoms with Crippen LogP contribution in [0.1, 0.15) is 42.5 Å². The van der Waals surface area contributed by atoms with E-state index in [4.69, 9.17) is 9.47 Å². The van der Waals surface area contributed by atoms with Gasteiger partial charge in [0.2, 0.25) is 0 Å². The maximum absolute atomic E-state index is 12.3. The van der Waals surface area contributed by atoms with Crippen molar-refractivity contribution in [2.75, 3.05) is 19.0 Å². The summed E-state index contributed by atoms with van der Waals surface area (Å²) in [5.74, 6) is 0.768. The van der Waals surface area contributed by atoms with Crippen molar-refractivity contribution < 1.29 is 19.1 Å². The molecule has 6 heteroatoms. The molecule has 1 aliphatic rings. The monoisotopic (exact) mass is 382 g/mol. The summed E-state index contributed by atoms with van der Waals surface area (Å²) in [4.78, 5) is 24.4. The molecule has 2 N–H and O–H groups in total. The zero-order valence-electron chi connectivity index (χ0n) is 16.1. The summed E-state index contributed by atoms with van der Waals surface area (Å²) >= 11 is 0. The van der Waals surface area contributed by atoms with Crippen LogP contribution < -0.4 is 20.1 Å². The van der Waals surface area contributed by atoms with Gasteiger partial charge in [-0.3, -0.25) is 9.59 Å². The van der Waals surface area contributed by atoms with Crippen LogP contribution in [0.15, 0.2) is 48.5 Å². The Morgan fingerprint density at radius 3 is 2.43 bits per heavy atom. The maximum Gasteiger partial charge on any atom is 0.262 e. The van der Waals surface area contributed by atoms with Gasteiger partial charge < -0.3 is 20.1 Å². The number of carbonyl (C=O) groups is 2. The first-order valence-electron chi connectivity index (χ1n) is 9.62. The highest BCUT2D eigenvalue weighted by Crippen LogP contribution is 2.23. The number of amides is 2. The van der Waals surface area contributed by atoms with Crippen molar-refractivity contribution in [2.24, 2.45) is 0 Å². The summed E-state index contributed by atoms with van der Waals surface area (Å²) in [6.07, 6.45) is 5.70. The molecule has 0 aromatic heterocycles. The first kappa shape index (κ1) is 19.7. The quantitative estimate of drug-likeness (QED) is 0.764. The Morgan fingerprint density at radius 1 is 1.00 bits per heavy atom. The number of anilines is 1. The lowest BCUT2D eigenvalue weighted by Crippen LogP contribution is -2.36. The van der Waals surface area contributed by atoms with E-state index in [1.807, 2.05) is 12.1 Å². The number of para-hydroxylation sites is 2. The van der Waals surface area contributed by atoms with Crippen molar-refractivity contribution in [3.05, 3.63) is 54.1 Å². The van der Waals surface area contributed by atoms with Gasteiger partial charge >= 0.3 is 0 Å². The highest BCUT2D eigenvalue weighted by atomic mass is 16.5. The van der Waals surface area contributed by atoms with Gasteiger partial charge in [0.1, 0.15) is 11.5 Å². The first-order chi connectivity index (χ1) is 13.7. The van der Waals surface area contributed by atoms with Crippen molar-refractivity contribution in [2.45, 2.75) is 38.1 Å². The smallest absolute Gasteiger partial charge is 0.262 e. The van der Waals surface area contributed by atoms with Gasteiger partial charge in [-0.2, -0.15) is 0 Å². The molecule has 1 saturated carbocycles. The summed E-state index contributed by atoms with van der Waals surface area (Å²) in [5.41, 5.74) is 1.18. The van der Waals surface area contributed by atoms with E-state index in [9.17, 15) is 9.59 Å². The van der Waals surface area contributed by atoms with Gasteiger partial charge in [-0.25, -0.2) is 0 Å². The molecule has 3 rings (SSSR count). The van der Waals surface area contributed by atoms with Gasteiger partial charge in [0.15, 0.2) is 6.61 Å². The van der Waals surface area contributed by atoms with E-state index < -0.39 is 0 Å². The number of hydrogen-bond acceptors (Lipinski definition) is 4. The van der Waals surface area contributed by atoms with E-state index >= 15 is 0 Å². The molecule has 6 nitrogen and oxygen atoms in total. The summed E-state index contributed by atoms with van der Waals surface area (Å²) in [6, 6.07) is 14.3. The number of nitrogens with one attached hydrogen (secondary N) is 2. The van der Waals surface area contributed by atoms with Gasteiger partial charge in [0.05, 0.1) is 12.8 Å². The lowest BCUT2D eigenvalue weighted by atomic mass is 9.95. The molecule has 0 heterocycles. The van der Waals surface area contributed by atoms with Crippen LogP contribution in [-0.4, -0.2) is 31.6 Å². The van der Waals surface area contributed by atoms with Crippen molar-refractivity contribution in [1.82, 2.24) is 5.32 Å². The molecular weight excluding hydrogens is 356 g/mol. The van der Waals surface area contributed by atoms with Crippen LogP contribution in [0.3, 0.4) is 0 Å². The molecule has 0 radical (unpaired) electrons. The van der Waals surface area contributed by atoms with Crippen LogP contribution in [-0.2, 0) is 4.79 Å². The second-order valence-electron chi connectivity index (χ2n) is 6.87. The SMILES string of the molecule is COc1ccccc1NC(=O)COc1ccc(C(=O)NC2CCCCC2)cc1. The third-order valence-corrected chi connectivity index (χ3v) is 4.81. The molecule has 0 spiro atoms. The van der Waals surface area contributed by atoms with Crippen molar-refractivity contribution in [3.63, 3.8) is 0 Å². The molecule has 28 heavy (non-hydrogen) atoms. The Bertz CT molecular complexity index is 798. The van der Waals surface area contributed by atoms with Gasteiger partial charge in [0, 0.05) is 11.6 Å². The van der Waals surface area contributed by atoms with E-state index in [0.29, 0.717) is 22.7 Å². The van der Waals surface area contributed by atoms with Crippen LogP contribution in [0.25, 0.3) is 0 Å². The zero-order valence-corrected chi connectivity index (χ0v) is 16.1. The molecule has 148 valence electrons. The normalized spacial score (nSPS) is 14.2. The first-order valence-corrected chi connectivity index (χ1v) is 9.62. The van der Waals surface area contributed by atoms with Crippen molar-refractivity contribution >= 4 is 17.5 Å². The van der Waals surface area contributed by atoms with Crippen LogP contribution in [0.4, 0.5) is 5.69 Å². The largest absolute Gasteiger partial charge is 0.495 e. The lowest BCUT2D eigenvalue weighted by Gasteiger charge is -2.22. The number of carbonyl (C=O) groups excluding carboxylic acids is 2. The minimum Gasteiger partial charge on any atom is -0.495 e. The molecule has 1 aliphatic carbocycles. The molecule has 2 aromatic rings. The third kappa shape index (κ3) is 5.49. The predicted molar refractivity (Wildman–Crippen MR) is 108 cm³/mol. The zero-order chi connectivity index (χ0) is 19.8.